The maximum atomic E-state index is 5.57. The van der Waals surface area contributed by atoms with E-state index in [1.807, 2.05) is 42.5 Å². The molecule has 0 saturated carbocycles. The highest BCUT2D eigenvalue weighted by molar-refractivity contribution is 7.98. The SMILES string of the molecule is Cc1ccc(Nc2nnc(SCc3ccccc3)o2)cc1. The Balaban J connectivity index is 1.59. The van der Waals surface area contributed by atoms with E-state index in [1.54, 1.807) is 0 Å². The molecule has 0 amide bonds. The molecule has 0 atom stereocenters. The first-order valence-electron chi connectivity index (χ1n) is 6.63. The van der Waals surface area contributed by atoms with Gasteiger partial charge in [-0.2, -0.15) is 0 Å². The molecule has 106 valence electrons. The molecule has 0 aliphatic rings. The standard InChI is InChI=1S/C16H15N3OS/c1-12-7-9-14(10-8-12)17-15-18-19-16(20-15)21-11-13-5-3-2-4-6-13/h2-10H,11H2,1H3,(H,17,18). The zero-order chi connectivity index (χ0) is 14.5. The first kappa shape index (κ1) is 13.7. The molecule has 1 aromatic heterocycles. The van der Waals surface area contributed by atoms with Gasteiger partial charge in [-0.1, -0.05) is 70.0 Å². The van der Waals surface area contributed by atoms with E-state index in [4.69, 9.17) is 4.42 Å². The van der Waals surface area contributed by atoms with Crippen molar-refractivity contribution < 1.29 is 4.42 Å². The second-order valence-electron chi connectivity index (χ2n) is 4.64. The third-order valence-electron chi connectivity index (χ3n) is 2.91. The lowest BCUT2D eigenvalue weighted by molar-refractivity contribution is 0.468. The number of benzene rings is 2. The van der Waals surface area contributed by atoms with Crippen molar-refractivity contribution in [3.63, 3.8) is 0 Å². The van der Waals surface area contributed by atoms with E-state index in [-0.39, 0.29) is 0 Å². The van der Waals surface area contributed by atoms with Gasteiger partial charge in [0.2, 0.25) is 0 Å². The van der Waals surface area contributed by atoms with Gasteiger partial charge in [0.25, 0.3) is 5.22 Å². The van der Waals surface area contributed by atoms with Crippen LogP contribution in [0, 0.1) is 6.92 Å². The number of thioether (sulfide) groups is 1. The van der Waals surface area contributed by atoms with Gasteiger partial charge < -0.3 is 9.73 Å². The van der Waals surface area contributed by atoms with Crippen LogP contribution in [-0.4, -0.2) is 10.2 Å². The Morgan fingerprint density at radius 2 is 1.76 bits per heavy atom. The Labute approximate surface area is 127 Å². The van der Waals surface area contributed by atoms with Crippen molar-refractivity contribution in [2.45, 2.75) is 17.9 Å². The molecule has 0 radical (unpaired) electrons. The van der Waals surface area contributed by atoms with Crippen LogP contribution in [0.1, 0.15) is 11.1 Å². The van der Waals surface area contributed by atoms with Crippen molar-refractivity contribution in [1.82, 2.24) is 10.2 Å². The highest BCUT2D eigenvalue weighted by atomic mass is 32.2. The zero-order valence-corrected chi connectivity index (χ0v) is 12.4. The quantitative estimate of drug-likeness (QED) is 0.707. The second kappa shape index (κ2) is 6.45. The second-order valence-corrected chi connectivity index (χ2v) is 5.57. The van der Waals surface area contributed by atoms with E-state index in [2.05, 4.69) is 34.6 Å². The van der Waals surface area contributed by atoms with Gasteiger partial charge in [-0.25, -0.2) is 0 Å². The van der Waals surface area contributed by atoms with Crippen LogP contribution in [0.4, 0.5) is 11.7 Å². The smallest absolute Gasteiger partial charge is 0.320 e. The normalized spacial score (nSPS) is 10.5. The number of hydrogen-bond acceptors (Lipinski definition) is 5. The maximum absolute atomic E-state index is 5.57. The summed E-state index contributed by atoms with van der Waals surface area (Å²) < 4.78 is 5.57. The van der Waals surface area contributed by atoms with Crippen LogP contribution in [0.2, 0.25) is 0 Å². The molecule has 0 saturated heterocycles. The summed E-state index contributed by atoms with van der Waals surface area (Å²) in [4.78, 5) is 0. The van der Waals surface area contributed by atoms with Crippen molar-refractivity contribution in [3.05, 3.63) is 65.7 Å². The van der Waals surface area contributed by atoms with Gasteiger partial charge in [-0.3, -0.25) is 0 Å². The highest BCUT2D eigenvalue weighted by Gasteiger charge is 2.07. The molecule has 5 heteroatoms. The van der Waals surface area contributed by atoms with Crippen molar-refractivity contribution in [2.24, 2.45) is 0 Å². The van der Waals surface area contributed by atoms with Crippen LogP contribution in [0.5, 0.6) is 0 Å². The van der Waals surface area contributed by atoms with Crippen LogP contribution >= 0.6 is 11.8 Å². The summed E-state index contributed by atoms with van der Waals surface area (Å²) in [5.41, 5.74) is 3.38. The highest BCUT2D eigenvalue weighted by Crippen LogP contribution is 2.24. The Morgan fingerprint density at radius 1 is 1.00 bits per heavy atom. The van der Waals surface area contributed by atoms with Gasteiger partial charge in [0.05, 0.1) is 0 Å². The summed E-state index contributed by atoms with van der Waals surface area (Å²) in [7, 11) is 0. The predicted octanol–water partition coefficient (Wildman–Crippen LogP) is 4.41. The molecule has 2 aromatic carbocycles. The molecule has 0 aliphatic heterocycles. The number of rotatable bonds is 5. The number of aromatic nitrogens is 2. The summed E-state index contributed by atoms with van der Waals surface area (Å²) in [5, 5.41) is 11.7. The first-order valence-corrected chi connectivity index (χ1v) is 7.62. The van der Waals surface area contributed by atoms with E-state index in [0.29, 0.717) is 11.2 Å². The lowest BCUT2D eigenvalue weighted by atomic mass is 10.2. The van der Waals surface area contributed by atoms with E-state index in [1.165, 1.54) is 22.9 Å². The lowest BCUT2D eigenvalue weighted by Gasteiger charge is -2.00. The molecule has 4 nitrogen and oxygen atoms in total. The summed E-state index contributed by atoms with van der Waals surface area (Å²) in [6, 6.07) is 18.6. The first-order chi connectivity index (χ1) is 10.3. The fourth-order valence-corrected chi connectivity index (χ4v) is 2.52. The van der Waals surface area contributed by atoms with Gasteiger partial charge in [0.15, 0.2) is 0 Å². The molecule has 0 spiro atoms. The number of nitrogens with zero attached hydrogens (tertiary/aromatic N) is 2. The fourth-order valence-electron chi connectivity index (χ4n) is 1.80. The van der Waals surface area contributed by atoms with Crippen LogP contribution in [0.3, 0.4) is 0 Å². The lowest BCUT2D eigenvalue weighted by Crippen LogP contribution is -1.89. The number of hydrogen-bond donors (Lipinski definition) is 1. The molecule has 1 heterocycles. The van der Waals surface area contributed by atoms with Crippen molar-refractivity contribution in [3.8, 4) is 0 Å². The summed E-state index contributed by atoms with van der Waals surface area (Å²) in [6.45, 7) is 2.05. The van der Waals surface area contributed by atoms with E-state index >= 15 is 0 Å². The summed E-state index contributed by atoms with van der Waals surface area (Å²) in [5.74, 6) is 0.813. The van der Waals surface area contributed by atoms with Gasteiger partial charge in [-0.15, -0.1) is 0 Å². The van der Waals surface area contributed by atoms with Gasteiger partial charge in [-0.05, 0) is 24.6 Å². The largest absolute Gasteiger partial charge is 0.398 e. The van der Waals surface area contributed by atoms with Crippen LogP contribution in [-0.2, 0) is 5.75 Å². The van der Waals surface area contributed by atoms with Gasteiger partial charge in [0, 0.05) is 11.4 Å². The topological polar surface area (TPSA) is 51.0 Å². The average Bonchev–Trinajstić information content (AvgIpc) is 2.96. The Kier molecular flexibility index (Phi) is 4.21. The molecule has 3 aromatic rings. The fraction of sp³-hybridized carbons (Fsp3) is 0.125. The molecule has 0 fully saturated rings. The van der Waals surface area contributed by atoms with Crippen molar-refractivity contribution in [2.75, 3.05) is 5.32 Å². The minimum atomic E-state index is 0.411. The molecule has 21 heavy (non-hydrogen) atoms. The van der Waals surface area contributed by atoms with E-state index < -0.39 is 0 Å². The molecule has 3 rings (SSSR count). The average molecular weight is 297 g/mol. The molecule has 1 N–H and O–H groups in total. The number of aryl methyl sites for hydroxylation is 1. The number of nitrogens with one attached hydrogen (secondary N) is 1. The third kappa shape index (κ3) is 3.86. The molecule has 0 aliphatic carbocycles. The molecular weight excluding hydrogens is 282 g/mol. The van der Waals surface area contributed by atoms with Gasteiger partial charge >= 0.3 is 6.01 Å². The van der Waals surface area contributed by atoms with Gasteiger partial charge in [0.1, 0.15) is 0 Å². The van der Waals surface area contributed by atoms with E-state index in [0.717, 1.165) is 11.4 Å². The van der Waals surface area contributed by atoms with Crippen LogP contribution in [0.25, 0.3) is 0 Å². The van der Waals surface area contributed by atoms with E-state index in [9.17, 15) is 0 Å². The summed E-state index contributed by atoms with van der Waals surface area (Å²) >= 11 is 1.53. The molecule has 0 bridgehead atoms. The monoisotopic (exact) mass is 297 g/mol. The minimum absolute atomic E-state index is 0.411. The maximum Gasteiger partial charge on any atom is 0.320 e. The van der Waals surface area contributed by atoms with Crippen LogP contribution in [0.15, 0.2) is 64.2 Å². The minimum Gasteiger partial charge on any atom is -0.398 e. The molecule has 0 unspecified atom stereocenters. The van der Waals surface area contributed by atoms with Crippen molar-refractivity contribution in [1.29, 1.82) is 0 Å². The third-order valence-corrected chi connectivity index (χ3v) is 3.80. The Morgan fingerprint density at radius 3 is 2.52 bits per heavy atom. The zero-order valence-electron chi connectivity index (χ0n) is 11.6. The summed E-state index contributed by atoms with van der Waals surface area (Å²) in [6.07, 6.45) is 0. The number of anilines is 2. The molecular formula is C16H15N3OS. The Bertz CT molecular complexity index is 695. The van der Waals surface area contributed by atoms with Crippen LogP contribution < -0.4 is 5.32 Å². The van der Waals surface area contributed by atoms with Crippen molar-refractivity contribution >= 4 is 23.5 Å². The predicted molar refractivity (Wildman–Crippen MR) is 84.8 cm³/mol. The Hall–Kier alpha value is -2.27.